The van der Waals surface area contributed by atoms with Gasteiger partial charge in [0.15, 0.2) is 0 Å². The average molecular weight is 909 g/mol. The van der Waals surface area contributed by atoms with Gasteiger partial charge < -0.3 is 28.4 Å². The number of esters is 4. The molecule has 0 aliphatic rings. The first-order valence-corrected chi connectivity index (χ1v) is 24.4. The molecule has 4 rings (SSSR count). The number of carbonyl (C=O) groups excluding carboxylic acids is 4. The summed E-state index contributed by atoms with van der Waals surface area (Å²) < 4.78 is 32.8. The lowest BCUT2D eigenvalue weighted by Gasteiger charge is -2.17. The SMILES string of the molecule is CCC[C@@H](Cc1ccc(OC(=O)[C@@H](CCC)Cc2ccc(OCC)cc2)cc1)C(=O)OCC.CCC[C@@H](Cc1ccc(OC(=O)[C@@H](CCC)Cc2ccc(OCC)cc2)cc1)C(=O)OCC. The number of rotatable bonds is 28. The fourth-order valence-electron chi connectivity index (χ4n) is 7.83. The molecule has 4 aromatic rings. The van der Waals surface area contributed by atoms with Gasteiger partial charge in [-0.2, -0.15) is 0 Å². The van der Waals surface area contributed by atoms with E-state index in [4.69, 9.17) is 28.4 Å². The minimum atomic E-state index is -0.214. The smallest absolute Gasteiger partial charge is 0.314 e. The maximum Gasteiger partial charge on any atom is 0.314 e. The zero-order valence-electron chi connectivity index (χ0n) is 40.9. The average Bonchev–Trinajstić information content (AvgIpc) is 3.31. The Morgan fingerprint density at radius 2 is 0.576 bits per heavy atom. The number of benzene rings is 4. The zero-order valence-corrected chi connectivity index (χ0v) is 40.9. The van der Waals surface area contributed by atoms with Crippen LogP contribution in [-0.4, -0.2) is 50.3 Å². The summed E-state index contributed by atoms with van der Waals surface area (Å²) >= 11 is 0. The van der Waals surface area contributed by atoms with Crippen LogP contribution in [-0.2, 0) is 54.3 Å². The minimum absolute atomic E-state index is 0.147. The first kappa shape index (κ1) is 54.7. The first-order chi connectivity index (χ1) is 32.0. The quantitative estimate of drug-likeness (QED) is 0.0402. The van der Waals surface area contributed by atoms with E-state index in [1.807, 2.05) is 100 Å². The molecule has 360 valence electrons. The molecule has 4 aromatic carbocycles. The summed E-state index contributed by atoms with van der Waals surface area (Å²) in [5.74, 6) is 1.30. The Labute approximate surface area is 395 Å². The molecule has 0 saturated carbocycles. The van der Waals surface area contributed by atoms with E-state index in [2.05, 4.69) is 27.7 Å². The lowest BCUT2D eigenvalue weighted by Crippen LogP contribution is -2.22. The van der Waals surface area contributed by atoms with Crippen molar-refractivity contribution in [2.75, 3.05) is 26.4 Å². The summed E-state index contributed by atoms with van der Waals surface area (Å²) in [7, 11) is 0. The minimum Gasteiger partial charge on any atom is -0.494 e. The zero-order chi connectivity index (χ0) is 48.1. The number of hydrogen-bond donors (Lipinski definition) is 0. The van der Waals surface area contributed by atoms with Crippen LogP contribution in [0.15, 0.2) is 97.1 Å². The van der Waals surface area contributed by atoms with Crippen molar-refractivity contribution < 1.29 is 47.6 Å². The number of carbonyl (C=O) groups is 4. The fourth-order valence-corrected chi connectivity index (χ4v) is 7.83. The molecule has 0 bridgehead atoms. The van der Waals surface area contributed by atoms with E-state index in [0.717, 1.165) is 85.1 Å². The second-order valence-corrected chi connectivity index (χ2v) is 16.5. The third-order valence-electron chi connectivity index (χ3n) is 11.1. The van der Waals surface area contributed by atoms with Crippen molar-refractivity contribution in [3.05, 3.63) is 119 Å². The standard InChI is InChI=1S/2C28H38O5/c2*1-5-9-23(27(29)32-8-4)19-22-13-17-26(18-14-22)33-28(30)24(10-6-2)20-21-11-15-25(16-12-21)31-7-3/h2*11-18,23-24H,5-10,19-20H2,1-4H3/t2*23-,24-/m00/s1. The van der Waals surface area contributed by atoms with Crippen molar-refractivity contribution in [1.29, 1.82) is 0 Å². The summed E-state index contributed by atoms with van der Waals surface area (Å²) in [5, 5.41) is 0. The molecule has 0 radical (unpaired) electrons. The Kier molecular flexibility index (Phi) is 25.9. The Bertz CT molecular complexity index is 1830. The topological polar surface area (TPSA) is 124 Å². The summed E-state index contributed by atoms with van der Waals surface area (Å²) in [5.41, 5.74) is 4.23. The highest BCUT2D eigenvalue weighted by atomic mass is 16.5. The van der Waals surface area contributed by atoms with E-state index >= 15 is 0 Å². The molecule has 0 unspecified atom stereocenters. The molecule has 0 N–H and O–H groups in total. The number of hydrogen-bond acceptors (Lipinski definition) is 10. The lowest BCUT2D eigenvalue weighted by molar-refractivity contribution is -0.149. The Balaban J connectivity index is 0.000000350. The van der Waals surface area contributed by atoms with Crippen LogP contribution < -0.4 is 18.9 Å². The van der Waals surface area contributed by atoms with Crippen molar-refractivity contribution in [2.45, 2.75) is 132 Å². The van der Waals surface area contributed by atoms with Crippen molar-refractivity contribution >= 4 is 23.9 Å². The van der Waals surface area contributed by atoms with Gasteiger partial charge in [-0.1, -0.05) is 102 Å². The van der Waals surface area contributed by atoms with Gasteiger partial charge in [-0.15, -0.1) is 0 Å². The molecule has 0 aliphatic carbocycles. The van der Waals surface area contributed by atoms with Crippen molar-refractivity contribution in [2.24, 2.45) is 23.7 Å². The molecule has 4 atom stereocenters. The molecule has 0 heterocycles. The van der Waals surface area contributed by atoms with Crippen molar-refractivity contribution in [1.82, 2.24) is 0 Å². The van der Waals surface area contributed by atoms with Gasteiger partial charge in [0, 0.05) is 0 Å². The van der Waals surface area contributed by atoms with E-state index in [9.17, 15) is 19.2 Å². The summed E-state index contributed by atoms with van der Waals surface area (Å²) in [6.07, 6.45) is 9.28. The van der Waals surface area contributed by atoms with Gasteiger partial charge in [0.1, 0.15) is 23.0 Å². The van der Waals surface area contributed by atoms with E-state index in [1.54, 1.807) is 24.3 Å². The third kappa shape index (κ3) is 19.8. The molecule has 0 fully saturated rings. The van der Waals surface area contributed by atoms with Crippen LogP contribution in [0, 0.1) is 23.7 Å². The van der Waals surface area contributed by atoms with Gasteiger partial charge in [-0.3, -0.25) is 19.2 Å². The van der Waals surface area contributed by atoms with E-state index in [0.29, 0.717) is 63.6 Å². The lowest BCUT2D eigenvalue weighted by atomic mass is 9.94. The largest absolute Gasteiger partial charge is 0.494 e. The van der Waals surface area contributed by atoms with Crippen LogP contribution in [0.2, 0.25) is 0 Å². The molecular formula is C56H76O10. The molecule has 0 aliphatic heterocycles. The van der Waals surface area contributed by atoms with Gasteiger partial charge in [-0.05, 0) is 150 Å². The Morgan fingerprint density at radius 1 is 0.333 bits per heavy atom. The molecule has 0 spiro atoms. The summed E-state index contributed by atoms with van der Waals surface area (Å²) in [4.78, 5) is 50.1. The molecule has 66 heavy (non-hydrogen) atoms. The number of ether oxygens (including phenoxy) is 6. The second kappa shape index (κ2) is 31.3. The van der Waals surface area contributed by atoms with Crippen LogP contribution in [0.4, 0.5) is 0 Å². The predicted octanol–water partition coefficient (Wildman–Crippen LogP) is 12.3. The summed E-state index contributed by atoms with van der Waals surface area (Å²) in [6.45, 7) is 17.9. The van der Waals surface area contributed by atoms with Gasteiger partial charge in [0.05, 0.1) is 50.1 Å². The maximum absolute atomic E-state index is 12.9. The van der Waals surface area contributed by atoms with Gasteiger partial charge in [0.25, 0.3) is 0 Å². The monoisotopic (exact) mass is 909 g/mol. The van der Waals surface area contributed by atoms with Crippen LogP contribution in [0.25, 0.3) is 0 Å². The summed E-state index contributed by atoms with van der Waals surface area (Å²) in [6, 6.07) is 30.7. The molecule has 0 saturated heterocycles. The fraction of sp³-hybridized carbons (Fsp3) is 0.500. The van der Waals surface area contributed by atoms with E-state index < -0.39 is 0 Å². The Morgan fingerprint density at radius 3 is 0.803 bits per heavy atom. The van der Waals surface area contributed by atoms with Crippen LogP contribution in [0.5, 0.6) is 23.0 Å². The van der Waals surface area contributed by atoms with Crippen LogP contribution >= 0.6 is 0 Å². The Hall–Kier alpha value is -5.64. The van der Waals surface area contributed by atoms with Crippen molar-refractivity contribution in [3.63, 3.8) is 0 Å². The van der Waals surface area contributed by atoms with Crippen molar-refractivity contribution in [3.8, 4) is 23.0 Å². The molecule has 10 heteroatoms. The molecule has 0 aromatic heterocycles. The first-order valence-electron chi connectivity index (χ1n) is 24.4. The van der Waals surface area contributed by atoms with E-state index in [1.165, 1.54) is 0 Å². The van der Waals surface area contributed by atoms with Gasteiger partial charge in [0.2, 0.25) is 0 Å². The second-order valence-electron chi connectivity index (χ2n) is 16.5. The molecular weight excluding hydrogens is 833 g/mol. The molecule has 10 nitrogen and oxygen atoms in total. The van der Waals surface area contributed by atoms with Crippen LogP contribution in [0.3, 0.4) is 0 Å². The highest BCUT2D eigenvalue weighted by Gasteiger charge is 2.24. The highest BCUT2D eigenvalue weighted by Crippen LogP contribution is 2.25. The highest BCUT2D eigenvalue weighted by molar-refractivity contribution is 5.76. The third-order valence-corrected chi connectivity index (χ3v) is 11.1. The maximum atomic E-state index is 12.9. The van der Waals surface area contributed by atoms with E-state index in [-0.39, 0.29) is 47.5 Å². The normalized spacial score (nSPS) is 12.6. The van der Waals surface area contributed by atoms with Gasteiger partial charge >= 0.3 is 23.9 Å². The van der Waals surface area contributed by atoms with Crippen LogP contribution in [0.1, 0.15) is 129 Å². The molecule has 0 amide bonds. The predicted molar refractivity (Wildman–Crippen MR) is 261 cm³/mol. The van der Waals surface area contributed by atoms with Gasteiger partial charge in [-0.25, -0.2) is 0 Å².